The summed E-state index contributed by atoms with van der Waals surface area (Å²) in [5.41, 5.74) is 1.04. The lowest BCUT2D eigenvalue weighted by molar-refractivity contribution is -0.135. The second-order valence-corrected chi connectivity index (χ2v) is 8.55. The van der Waals surface area contributed by atoms with Crippen molar-refractivity contribution in [1.82, 2.24) is 19.4 Å². The van der Waals surface area contributed by atoms with E-state index in [0.29, 0.717) is 12.6 Å². The molecule has 3 aliphatic rings. The number of hydrogen-bond acceptors (Lipinski definition) is 4. The maximum Gasteiger partial charge on any atom is 0.253 e. The summed E-state index contributed by atoms with van der Waals surface area (Å²) in [5, 5.41) is 0. The van der Waals surface area contributed by atoms with Gasteiger partial charge < -0.3 is 4.90 Å². The highest BCUT2D eigenvalue weighted by atomic mass is 16.2. The van der Waals surface area contributed by atoms with Crippen LogP contribution in [0.3, 0.4) is 0 Å². The second kappa shape index (κ2) is 8.13. The molecule has 148 valence electrons. The molecule has 1 amide bonds. The average molecular weight is 373 g/mol. The molecular formula is C21H32N4O2. The average Bonchev–Trinajstić information content (AvgIpc) is 2.98. The summed E-state index contributed by atoms with van der Waals surface area (Å²) in [7, 11) is 0. The molecule has 0 spiro atoms. The Labute approximate surface area is 161 Å². The first-order chi connectivity index (χ1) is 13.1. The van der Waals surface area contributed by atoms with E-state index in [1.54, 1.807) is 6.07 Å². The Morgan fingerprint density at radius 3 is 2.81 bits per heavy atom. The number of carbonyl (C=O) groups excluding carboxylic acids is 1. The number of aromatic nitrogens is 2. The quantitative estimate of drug-likeness (QED) is 0.816. The molecule has 2 fully saturated rings. The normalized spacial score (nSPS) is 26.6. The smallest absolute Gasteiger partial charge is 0.253 e. The van der Waals surface area contributed by atoms with Crippen molar-refractivity contribution in [2.75, 3.05) is 26.2 Å². The summed E-state index contributed by atoms with van der Waals surface area (Å²) in [6.07, 6.45) is 8.74. The summed E-state index contributed by atoms with van der Waals surface area (Å²) < 4.78 is 1.87. The van der Waals surface area contributed by atoms with Gasteiger partial charge in [0.1, 0.15) is 5.82 Å². The highest BCUT2D eigenvalue weighted by molar-refractivity contribution is 5.78. The number of piperidine rings is 1. The van der Waals surface area contributed by atoms with E-state index in [-0.39, 0.29) is 17.4 Å². The molecule has 0 aliphatic carbocycles. The predicted octanol–water partition coefficient (Wildman–Crippen LogP) is 2.16. The van der Waals surface area contributed by atoms with Crippen LogP contribution in [0.4, 0.5) is 0 Å². The first kappa shape index (κ1) is 18.7. The molecule has 6 nitrogen and oxygen atoms in total. The van der Waals surface area contributed by atoms with Gasteiger partial charge in [-0.2, -0.15) is 0 Å². The van der Waals surface area contributed by atoms with Crippen LogP contribution >= 0.6 is 0 Å². The summed E-state index contributed by atoms with van der Waals surface area (Å²) in [4.78, 5) is 34.4. The van der Waals surface area contributed by atoms with Gasteiger partial charge >= 0.3 is 0 Å². The van der Waals surface area contributed by atoms with Crippen molar-refractivity contribution in [3.8, 4) is 0 Å². The van der Waals surface area contributed by atoms with Crippen LogP contribution in [0.5, 0.6) is 0 Å². The van der Waals surface area contributed by atoms with Crippen LogP contribution in [0.15, 0.2) is 10.9 Å². The molecule has 3 aliphatic heterocycles. The molecule has 2 saturated heterocycles. The maximum atomic E-state index is 12.7. The molecule has 0 N–H and O–H groups in total. The van der Waals surface area contributed by atoms with E-state index < -0.39 is 0 Å². The number of rotatable bonds is 3. The first-order valence-corrected chi connectivity index (χ1v) is 10.7. The van der Waals surface area contributed by atoms with Crippen LogP contribution < -0.4 is 5.56 Å². The molecule has 4 heterocycles. The Balaban J connectivity index is 1.41. The molecule has 1 aromatic heterocycles. The van der Waals surface area contributed by atoms with Crippen molar-refractivity contribution in [1.29, 1.82) is 0 Å². The molecule has 0 bridgehead atoms. The molecule has 1 aromatic rings. The summed E-state index contributed by atoms with van der Waals surface area (Å²) in [6, 6.07) is 2.12. The Bertz CT molecular complexity index is 744. The van der Waals surface area contributed by atoms with Crippen LogP contribution in [0, 0.1) is 0 Å². The van der Waals surface area contributed by atoms with E-state index >= 15 is 0 Å². The molecule has 6 heteroatoms. The zero-order chi connectivity index (χ0) is 18.8. The van der Waals surface area contributed by atoms with Gasteiger partial charge in [-0.25, -0.2) is 4.98 Å². The summed E-state index contributed by atoms with van der Waals surface area (Å²) in [5.74, 6) is 1.50. The molecule has 0 saturated carbocycles. The van der Waals surface area contributed by atoms with Crippen LogP contribution in [0.2, 0.25) is 0 Å². The lowest BCUT2D eigenvalue weighted by Gasteiger charge is -2.34. The lowest BCUT2D eigenvalue weighted by Crippen LogP contribution is -2.46. The third-order valence-corrected chi connectivity index (χ3v) is 6.56. The summed E-state index contributed by atoms with van der Waals surface area (Å²) >= 11 is 0. The minimum atomic E-state index is 0.105. The molecule has 0 aromatic carbocycles. The second-order valence-electron chi connectivity index (χ2n) is 8.55. The van der Waals surface area contributed by atoms with E-state index in [0.717, 1.165) is 76.2 Å². The minimum Gasteiger partial charge on any atom is -0.339 e. The topological polar surface area (TPSA) is 58.4 Å². The number of nitrogens with zero attached hydrogens (tertiary/aromatic N) is 4. The van der Waals surface area contributed by atoms with Crippen LogP contribution in [-0.2, 0) is 17.8 Å². The fourth-order valence-electron chi connectivity index (χ4n) is 4.91. The fraction of sp³-hybridized carbons (Fsp3) is 0.762. The van der Waals surface area contributed by atoms with Gasteiger partial charge in [-0.05, 0) is 52.0 Å². The molecule has 0 unspecified atom stereocenters. The standard InChI is InChI=1S/C21H32N4O2/c1-16-7-4-6-10-24(16)21(27)15-23-12-9-17(14-23)18-13-20(26)25-11-5-2-3-8-19(25)22-18/h13,16-17H,2-12,14-15H2,1H3/t16-,17-/m0/s1. The number of aryl methyl sites for hydroxylation is 1. The number of amides is 1. The monoisotopic (exact) mass is 372 g/mol. The predicted molar refractivity (Wildman–Crippen MR) is 105 cm³/mol. The van der Waals surface area contributed by atoms with Crippen molar-refractivity contribution in [2.24, 2.45) is 0 Å². The number of fused-ring (bicyclic) bond motifs is 1. The lowest BCUT2D eigenvalue weighted by atomic mass is 10.0. The van der Waals surface area contributed by atoms with Crippen molar-refractivity contribution in [3.63, 3.8) is 0 Å². The largest absolute Gasteiger partial charge is 0.339 e. The van der Waals surface area contributed by atoms with Gasteiger partial charge in [0, 0.05) is 44.1 Å². The van der Waals surface area contributed by atoms with Crippen LogP contribution in [0.1, 0.15) is 69.3 Å². The van der Waals surface area contributed by atoms with Gasteiger partial charge in [0.25, 0.3) is 5.56 Å². The minimum absolute atomic E-state index is 0.105. The van der Waals surface area contributed by atoms with Gasteiger partial charge in [-0.3, -0.25) is 19.1 Å². The molecule has 4 rings (SSSR count). The fourth-order valence-corrected chi connectivity index (χ4v) is 4.91. The zero-order valence-corrected chi connectivity index (χ0v) is 16.5. The molecule has 0 radical (unpaired) electrons. The van der Waals surface area contributed by atoms with E-state index in [2.05, 4.69) is 16.7 Å². The third kappa shape index (κ3) is 4.10. The van der Waals surface area contributed by atoms with E-state index in [1.165, 1.54) is 12.8 Å². The third-order valence-electron chi connectivity index (χ3n) is 6.56. The van der Waals surface area contributed by atoms with Crippen molar-refractivity contribution >= 4 is 5.91 Å². The van der Waals surface area contributed by atoms with Crippen LogP contribution in [0.25, 0.3) is 0 Å². The van der Waals surface area contributed by atoms with E-state index in [9.17, 15) is 9.59 Å². The Hall–Kier alpha value is -1.69. The van der Waals surface area contributed by atoms with Gasteiger partial charge in [-0.1, -0.05) is 6.42 Å². The van der Waals surface area contributed by atoms with Gasteiger partial charge in [0.05, 0.1) is 12.2 Å². The SMILES string of the molecule is C[C@H]1CCCCN1C(=O)CN1CC[C@H](c2cc(=O)n3c(n2)CCCCC3)C1. The van der Waals surface area contributed by atoms with Gasteiger partial charge in [0.15, 0.2) is 0 Å². The van der Waals surface area contributed by atoms with Crippen molar-refractivity contribution in [2.45, 2.75) is 76.8 Å². The Morgan fingerprint density at radius 1 is 1.11 bits per heavy atom. The molecule has 27 heavy (non-hydrogen) atoms. The highest BCUT2D eigenvalue weighted by Crippen LogP contribution is 2.26. The van der Waals surface area contributed by atoms with Gasteiger partial charge in [0.2, 0.25) is 5.91 Å². The van der Waals surface area contributed by atoms with E-state index in [4.69, 9.17) is 4.98 Å². The van der Waals surface area contributed by atoms with Crippen molar-refractivity contribution in [3.05, 3.63) is 27.9 Å². The Morgan fingerprint density at radius 2 is 1.96 bits per heavy atom. The highest BCUT2D eigenvalue weighted by Gasteiger charge is 2.30. The zero-order valence-electron chi connectivity index (χ0n) is 16.5. The van der Waals surface area contributed by atoms with Gasteiger partial charge in [-0.15, -0.1) is 0 Å². The first-order valence-electron chi connectivity index (χ1n) is 10.7. The van der Waals surface area contributed by atoms with Crippen LogP contribution in [-0.4, -0.2) is 57.5 Å². The number of carbonyl (C=O) groups is 1. The molecular weight excluding hydrogens is 340 g/mol. The molecule has 2 atom stereocenters. The summed E-state index contributed by atoms with van der Waals surface area (Å²) in [6.45, 7) is 6.13. The number of hydrogen-bond donors (Lipinski definition) is 0. The Kier molecular flexibility index (Phi) is 5.62. The number of likely N-dealkylation sites (tertiary alicyclic amines) is 2. The van der Waals surface area contributed by atoms with E-state index in [1.807, 2.05) is 4.57 Å². The van der Waals surface area contributed by atoms with Crippen molar-refractivity contribution < 1.29 is 4.79 Å². The maximum absolute atomic E-state index is 12.7.